The van der Waals surface area contributed by atoms with Crippen LogP contribution >= 0.6 is 0 Å². The van der Waals surface area contributed by atoms with Crippen LogP contribution in [0.25, 0.3) is 0 Å². The molecular weight excluding hydrogens is 322 g/mol. The van der Waals surface area contributed by atoms with Crippen LogP contribution in [0.15, 0.2) is 18.3 Å². The minimum atomic E-state index is -1.17. The molecule has 2 aromatic rings. The molecule has 1 aliphatic rings. The van der Waals surface area contributed by atoms with Gasteiger partial charge >= 0.3 is 0 Å². The first-order valence-corrected chi connectivity index (χ1v) is 8.29. The summed E-state index contributed by atoms with van der Waals surface area (Å²) in [5.41, 5.74) is 0.533. The second-order valence-corrected chi connectivity index (χ2v) is 6.73. The van der Waals surface area contributed by atoms with E-state index < -0.39 is 5.60 Å². The third-order valence-electron chi connectivity index (χ3n) is 4.44. The Morgan fingerprint density at radius 2 is 2.16 bits per heavy atom. The van der Waals surface area contributed by atoms with Crippen molar-refractivity contribution in [2.75, 3.05) is 20.2 Å². The van der Waals surface area contributed by atoms with Gasteiger partial charge in [0.1, 0.15) is 11.3 Å². The van der Waals surface area contributed by atoms with Gasteiger partial charge in [0.2, 0.25) is 5.88 Å². The summed E-state index contributed by atoms with van der Waals surface area (Å²) in [6.45, 7) is 6.43. The number of aromatic nitrogens is 4. The predicted octanol–water partition coefficient (Wildman–Crippen LogP) is 1.30. The highest BCUT2D eigenvalue weighted by Gasteiger charge is 2.42. The second kappa shape index (κ2) is 6.44. The van der Waals surface area contributed by atoms with Gasteiger partial charge in [-0.1, -0.05) is 5.21 Å². The number of β-amino-alcohol motifs (C(OH)–C–C–N with tert-alkyl or cyclic N) is 1. The highest BCUT2D eigenvalue weighted by molar-refractivity contribution is 5.94. The van der Waals surface area contributed by atoms with Crippen molar-refractivity contribution in [1.82, 2.24) is 24.9 Å². The zero-order valence-corrected chi connectivity index (χ0v) is 14.9. The Bertz CT molecular complexity index is 788. The van der Waals surface area contributed by atoms with Crippen molar-refractivity contribution in [3.8, 4) is 5.88 Å². The fraction of sp³-hybridized carbons (Fsp3) is 0.529. The lowest BCUT2D eigenvalue weighted by Gasteiger charge is -2.21. The van der Waals surface area contributed by atoms with Crippen molar-refractivity contribution >= 4 is 5.91 Å². The molecule has 1 atom stereocenters. The minimum Gasteiger partial charge on any atom is -0.481 e. The van der Waals surface area contributed by atoms with E-state index in [0.717, 1.165) is 0 Å². The first kappa shape index (κ1) is 17.3. The maximum Gasteiger partial charge on any atom is 0.254 e. The smallest absolute Gasteiger partial charge is 0.254 e. The number of amides is 1. The monoisotopic (exact) mass is 345 g/mol. The van der Waals surface area contributed by atoms with Gasteiger partial charge in [-0.2, -0.15) is 0 Å². The molecule has 8 heteroatoms. The summed E-state index contributed by atoms with van der Waals surface area (Å²) < 4.78 is 6.83. The molecule has 3 heterocycles. The molecule has 2 aromatic heterocycles. The van der Waals surface area contributed by atoms with E-state index in [0.29, 0.717) is 35.8 Å². The van der Waals surface area contributed by atoms with Crippen LogP contribution in [0.1, 0.15) is 48.1 Å². The molecule has 1 aliphatic heterocycles. The van der Waals surface area contributed by atoms with E-state index in [1.807, 2.05) is 20.8 Å². The number of carbonyl (C=O) groups excluding carboxylic acids is 1. The molecule has 0 spiro atoms. The Morgan fingerprint density at radius 3 is 2.80 bits per heavy atom. The summed E-state index contributed by atoms with van der Waals surface area (Å²) in [7, 11) is 1.52. The molecule has 0 radical (unpaired) electrons. The summed E-state index contributed by atoms with van der Waals surface area (Å²) in [6.07, 6.45) is 2.18. The van der Waals surface area contributed by atoms with Crippen LogP contribution in [0.2, 0.25) is 0 Å². The van der Waals surface area contributed by atoms with Crippen LogP contribution in [0.4, 0.5) is 0 Å². The molecule has 1 N–H and O–H groups in total. The van der Waals surface area contributed by atoms with Crippen LogP contribution in [0.5, 0.6) is 5.88 Å². The van der Waals surface area contributed by atoms with Gasteiger partial charge in [-0.15, -0.1) is 5.10 Å². The van der Waals surface area contributed by atoms with E-state index in [1.54, 1.807) is 27.9 Å². The number of carbonyl (C=O) groups is 1. The number of methoxy groups -OCH3 is 1. The van der Waals surface area contributed by atoms with E-state index in [4.69, 9.17) is 4.74 Å². The first-order valence-electron chi connectivity index (χ1n) is 8.29. The summed E-state index contributed by atoms with van der Waals surface area (Å²) in [6, 6.07) is 3.50. The van der Waals surface area contributed by atoms with Gasteiger partial charge in [0, 0.05) is 36.3 Å². The Balaban J connectivity index is 1.79. The third kappa shape index (κ3) is 3.34. The third-order valence-corrected chi connectivity index (χ3v) is 4.44. The molecule has 1 fully saturated rings. The van der Waals surface area contributed by atoms with Crippen molar-refractivity contribution in [1.29, 1.82) is 0 Å². The lowest BCUT2D eigenvalue weighted by Crippen LogP contribution is -2.34. The summed E-state index contributed by atoms with van der Waals surface area (Å²) >= 11 is 0. The Labute approximate surface area is 146 Å². The van der Waals surface area contributed by atoms with E-state index in [9.17, 15) is 9.90 Å². The molecule has 3 rings (SSSR count). The van der Waals surface area contributed by atoms with Gasteiger partial charge in [-0.05, 0) is 26.8 Å². The van der Waals surface area contributed by atoms with Crippen LogP contribution in [0.3, 0.4) is 0 Å². The van der Waals surface area contributed by atoms with Gasteiger partial charge in [0.15, 0.2) is 0 Å². The molecule has 1 amide bonds. The molecule has 0 bridgehead atoms. The molecule has 25 heavy (non-hydrogen) atoms. The lowest BCUT2D eigenvalue weighted by atomic mass is 10.00. The number of ether oxygens (including phenoxy) is 1. The van der Waals surface area contributed by atoms with Crippen LogP contribution < -0.4 is 4.74 Å². The number of aliphatic hydroxyl groups is 1. The first-order chi connectivity index (χ1) is 11.8. The molecule has 0 unspecified atom stereocenters. The van der Waals surface area contributed by atoms with Gasteiger partial charge in [-0.25, -0.2) is 9.67 Å². The standard InChI is InChI=1S/C17H23N5O3/c1-11(2)22-9-14(19-20-22)17(24)5-6-21(10-17)16(23)13-7-12(3)18-15(8-13)25-4/h7-9,11,24H,5-6,10H2,1-4H3/t17-/m0/s1. The minimum absolute atomic E-state index is 0.157. The molecule has 0 aliphatic carbocycles. The van der Waals surface area contributed by atoms with Crippen LogP contribution in [-0.4, -0.2) is 56.1 Å². The largest absolute Gasteiger partial charge is 0.481 e. The normalized spacial score (nSPS) is 20.3. The van der Waals surface area contributed by atoms with Crippen molar-refractivity contribution in [2.24, 2.45) is 0 Å². The zero-order chi connectivity index (χ0) is 18.2. The fourth-order valence-corrected chi connectivity index (χ4v) is 2.97. The number of pyridine rings is 1. The van der Waals surface area contributed by atoms with Crippen LogP contribution in [0, 0.1) is 6.92 Å². The van der Waals surface area contributed by atoms with E-state index >= 15 is 0 Å². The maximum atomic E-state index is 12.8. The van der Waals surface area contributed by atoms with E-state index in [-0.39, 0.29) is 18.5 Å². The number of nitrogens with zero attached hydrogens (tertiary/aromatic N) is 5. The molecular formula is C17H23N5O3. The highest BCUT2D eigenvalue weighted by atomic mass is 16.5. The topological polar surface area (TPSA) is 93.4 Å². The average Bonchev–Trinajstić information content (AvgIpc) is 3.21. The van der Waals surface area contributed by atoms with Crippen molar-refractivity contribution in [3.05, 3.63) is 35.3 Å². The van der Waals surface area contributed by atoms with Crippen molar-refractivity contribution < 1.29 is 14.6 Å². The van der Waals surface area contributed by atoms with Crippen LogP contribution in [-0.2, 0) is 5.60 Å². The number of hydrogen-bond donors (Lipinski definition) is 1. The lowest BCUT2D eigenvalue weighted by molar-refractivity contribution is 0.0381. The molecule has 1 saturated heterocycles. The average molecular weight is 345 g/mol. The second-order valence-electron chi connectivity index (χ2n) is 6.73. The van der Waals surface area contributed by atoms with Gasteiger partial charge in [-0.3, -0.25) is 4.79 Å². The van der Waals surface area contributed by atoms with Crippen molar-refractivity contribution in [2.45, 2.75) is 38.8 Å². The fourth-order valence-electron chi connectivity index (χ4n) is 2.97. The maximum absolute atomic E-state index is 12.8. The Morgan fingerprint density at radius 1 is 1.40 bits per heavy atom. The Hall–Kier alpha value is -2.48. The summed E-state index contributed by atoms with van der Waals surface area (Å²) in [5, 5.41) is 19.1. The quantitative estimate of drug-likeness (QED) is 0.898. The summed E-state index contributed by atoms with van der Waals surface area (Å²) in [4.78, 5) is 18.6. The van der Waals surface area contributed by atoms with Gasteiger partial charge in [0.25, 0.3) is 5.91 Å². The van der Waals surface area contributed by atoms with Gasteiger partial charge in [0.05, 0.1) is 19.9 Å². The van der Waals surface area contributed by atoms with Crippen molar-refractivity contribution in [3.63, 3.8) is 0 Å². The molecule has 0 saturated carbocycles. The number of likely N-dealkylation sites (tertiary alicyclic amines) is 1. The van der Waals surface area contributed by atoms with E-state index in [1.165, 1.54) is 7.11 Å². The Kier molecular flexibility index (Phi) is 4.47. The number of hydrogen-bond acceptors (Lipinski definition) is 6. The summed E-state index contributed by atoms with van der Waals surface area (Å²) in [5.74, 6) is 0.244. The molecule has 134 valence electrons. The zero-order valence-electron chi connectivity index (χ0n) is 14.9. The predicted molar refractivity (Wildman–Crippen MR) is 90.4 cm³/mol. The van der Waals surface area contributed by atoms with Gasteiger partial charge < -0.3 is 14.7 Å². The van der Waals surface area contributed by atoms with E-state index in [2.05, 4.69) is 15.3 Å². The number of aryl methyl sites for hydroxylation is 1. The SMILES string of the molecule is COc1cc(C(=O)N2CC[C@@](O)(c3cn(C(C)C)nn3)C2)cc(C)n1. The molecule has 0 aromatic carbocycles. The molecule has 8 nitrogen and oxygen atoms in total. The number of rotatable bonds is 4. The highest BCUT2D eigenvalue weighted by Crippen LogP contribution is 2.32.